The first-order valence-corrected chi connectivity index (χ1v) is 9.64. The van der Waals surface area contributed by atoms with Gasteiger partial charge in [-0.2, -0.15) is 8.42 Å². The molecule has 1 aromatic carbocycles. The Kier molecular flexibility index (Phi) is 12.8. The van der Waals surface area contributed by atoms with Gasteiger partial charge in [-0.3, -0.25) is 9.45 Å². The summed E-state index contributed by atoms with van der Waals surface area (Å²) in [4.78, 5) is 1.74. The first-order valence-electron chi connectivity index (χ1n) is 8.20. The van der Waals surface area contributed by atoms with E-state index in [1.165, 1.54) is 6.07 Å². The van der Waals surface area contributed by atoms with Crippen molar-refractivity contribution < 1.29 is 28.3 Å². The first-order chi connectivity index (χ1) is 12.3. The van der Waals surface area contributed by atoms with Crippen molar-refractivity contribution in [2.45, 2.75) is 17.7 Å². The van der Waals surface area contributed by atoms with Crippen LogP contribution in [0.1, 0.15) is 11.1 Å². The lowest BCUT2D eigenvalue weighted by Crippen LogP contribution is -2.32. The number of allylic oxidation sites excluding steroid dienone is 2. The average Bonchev–Trinajstić information content (AvgIpc) is 2.57. The van der Waals surface area contributed by atoms with Crippen LogP contribution >= 0.6 is 0 Å². The molecular formula is C18H29NO6S. The molecule has 26 heavy (non-hydrogen) atoms. The Hall–Kier alpha value is -1.55. The van der Waals surface area contributed by atoms with Crippen molar-refractivity contribution in [1.29, 1.82) is 0 Å². The van der Waals surface area contributed by atoms with E-state index in [9.17, 15) is 8.42 Å². The number of nitrogens with zero attached hydrogens (tertiary/aromatic N) is 1. The molecule has 8 heteroatoms. The van der Waals surface area contributed by atoms with Crippen LogP contribution in [0.5, 0.6) is 0 Å². The van der Waals surface area contributed by atoms with Crippen LogP contribution in [-0.2, 0) is 23.0 Å². The van der Waals surface area contributed by atoms with Gasteiger partial charge in [-0.25, -0.2) is 0 Å². The Balaban J connectivity index is 0.000000541. The normalized spacial score (nSPS) is 11.0. The van der Waals surface area contributed by atoms with Crippen LogP contribution in [-0.4, -0.2) is 72.6 Å². The van der Waals surface area contributed by atoms with E-state index in [0.717, 1.165) is 5.56 Å². The Bertz CT molecular complexity index is 631. The molecule has 1 rings (SSSR count). The zero-order valence-electron chi connectivity index (χ0n) is 14.9. The summed E-state index contributed by atoms with van der Waals surface area (Å²) in [6.45, 7) is 8.94. The Morgan fingerprint density at radius 1 is 0.923 bits per heavy atom. The van der Waals surface area contributed by atoms with Gasteiger partial charge in [-0.15, -0.1) is 13.2 Å². The topological polar surface area (TPSA) is 118 Å². The average molecular weight is 387 g/mol. The standard InChI is InChI=1S/C12H14O3S.C6H15NO3/c1-3-6-10-8-5-9-12(16(13,14)15)11(10)7-4-2;8-4-1-7(2-5-9)3-6-10/h3-5,8-9H,1-2,6-7H2,(H,13,14,15);8-10H,1-6H2. The molecule has 0 aromatic heterocycles. The molecule has 0 saturated carbocycles. The van der Waals surface area contributed by atoms with Gasteiger partial charge in [0.1, 0.15) is 0 Å². The van der Waals surface area contributed by atoms with Crippen LogP contribution in [0.25, 0.3) is 0 Å². The van der Waals surface area contributed by atoms with Crippen molar-refractivity contribution in [3.63, 3.8) is 0 Å². The highest BCUT2D eigenvalue weighted by Crippen LogP contribution is 2.21. The summed E-state index contributed by atoms with van der Waals surface area (Å²) in [5.74, 6) is 0. The SMILES string of the molecule is C=CCc1cccc(S(=O)(=O)O)c1CC=C.OCCN(CCO)CCO. The number of benzene rings is 1. The predicted octanol–water partition coefficient (Wildman–Crippen LogP) is 0.656. The highest BCUT2D eigenvalue weighted by molar-refractivity contribution is 7.85. The maximum absolute atomic E-state index is 11.2. The molecule has 1 aromatic rings. The molecule has 0 bridgehead atoms. The van der Waals surface area contributed by atoms with Gasteiger partial charge >= 0.3 is 0 Å². The van der Waals surface area contributed by atoms with Gasteiger partial charge < -0.3 is 15.3 Å². The minimum Gasteiger partial charge on any atom is -0.395 e. The van der Waals surface area contributed by atoms with E-state index in [1.807, 2.05) is 6.07 Å². The second-order valence-corrected chi connectivity index (χ2v) is 6.76. The molecule has 0 atom stereocenters. The maximum atomic E-state index is 11.2. The van der Waals surface area contributed by atoms with E-state index in [-0.39, 0.29) is 24.7 Å². The van der Waals surface area contributed by atoms with Crippen molar-refractivity contribution in [2.75, 3.05) is 39.5 Å². The second-order valence-electron chi connectivity index (χ2n) is 5.37. The fourth-order valence-corrected chi connectivity index (χ4v) is 3.11. The zero-order chi connectivity index (χ0) is 20.0. The Labute approximate surface area is 155 Å². The number of aliphatic hydroxyl groups is 3. The molecule has 148 valence electrons. The van der Waals surface area contributed by atoms with E-state index in [1.54, 1.807) is 23.1 Å². The van der Waals surface area contributed by atoms with E-state index in [0.29, 0.717) is 38.0 Å². The predicted molar refractivity (Wildman–Crippen MR) is 102 cm³/mol. The lowest BCUT2D eigenvalue weighted by molar-refractivity contribution is 0.136. The molecule has 0 spiro atoms. The summed E-state index contributed by atoms with van der Waals surface area (Å²) in [6.07, 6.45) is 4.26. The molecular weight excluding hydrogens is 358 g/mol. The van der Waals surface area contributed by atoms with E-state index < -0.39 is 10.1 Å². The van der Waals surface area contributed by atoms with Crippen molar-refractivity contribution in [3.8, 4) is 0 Å². The Morgan fingerprint density at radius 2 is 1.42 bits per heavy atom. The molecule has 4 N–H and O–H groups in total. The third-order valence-corrected chi connectivity index (χ3v) is 4.41. The fourth-order valence-electron chi connectivity index (χ4n) is 2.34. The van der Waals surface area contributed by atoms with E-state index >= 15 is 0 Å². The quantitative estimate of drug-likeness (QED) is 0.325. The van der Waals surface area contributed by atoms with Gasteiger partial charge in [-0.05, 0) is 30.0 Å². The van der Waals surface area contributed by atoms with Gasteiger partial charge in [0.2, 0.25) is 0 Å². The molecule has 0 heterocycles. The number of rotatable bonds is 11. The molecule has 7 nitrogen and oxygen atoms in total. The third kappa shape index (κ3) is 9.23. The smallest absolute Gasteiger partial charge is 0.294 e. The summed E-state index contributed by atoms with van der Waals surface area (Å²) < 4.78 is 31.5. The minimum absolute atomic E-state index is 0.0493. The summed E-state index contributed by atoms with van der Waals surface area (Å²) >= 11 is 0. The lowest BCUT2D eigenvalue weighted by Gasteiger charge is -2.17. The summed E-state index contributed by atoms with van der Waals surface area (Å²) in [5, 5.41) is 25.5. The van der Waals surface area contributed by atoms with Gasteiger partial charge in [0.15, 0.2) is 0 Å². The van der Waals surface area contributed by atoms with Crippen LogP contribution in [0.15, 0.2) is 48.4 Å². The molecule has 0 amide bonds. The first kappa shape index (κ1) is 24.5. The number of aliphatic hydroxyl groups excluding tert-OH is 3. The lowest BCUT2D eigenvalue weighted by atomic mass is 10.0. The van der Waals surface area contributed by atoms with E-state index in [4.69, 9.17) is 19.9 Å². The molecule has 0 unspecified atom stereocenters. The van der Waals surface area contributed by atoms with Crippen molar-refractivity contribution in [3.05, 3.63) is 54.6 Å². The van der Waals surface area contributed by atoms with Crippen LogP contribution in [0.4, 0.5) is 0 Å². The largest absolute Gasteiger partial charge is 0.395 e. The molecule has 0 radical (unpaired) electrons. The fraction of sp³-hybridized carbons (Fsp3) is 0.444. The van der Waals surface area contributed by atoms with Crippen LogP contribution < -0.4 is 0 Å². The Morgan fingerprint density at radius 3 is 1.81 bits per heavy atom. The van der Waals surface area contributed by atoms with Gasteiger partial charge in [0, 0.05) is 19.6 Å². The molecule has 0 aliphatic carbocycles. The molecule has 0 saturated heterocycles. The van der Waals surface area contributed by atoms with Crippen molar-refractivity contribution in [1.82, 2.24) is 4.90 Å². The number of hydrogen-bond donors (Lipinski definition) is 4. The molecule has 0 aliphatic rings. The monoisotopic (exact) mass is 387 g/mol. The van der Waals surface area contributed by atoms with Crippen LogP contribution in [0.3, 0.4) is 0 Å². The van der Waals surface area contributed by atoms with Crippen LogP contribution in [0, 0.1) is 0 Å². The van der Waals surface area contributed by atoms with Gasteiger partial charge in [0.05, 0.1) is 24.7 Å². The minimum atomic E-state index is -4.18. The molecule has 0 fully saturated rings. The summed E-state index contributed by atoms with van der Waals surface area (Å²) in [7, 11) is -4.18. The number of hydrogen-bond acceptors (Lipinski definition) is 6. The maximum Gasteiger partial charge on any atom is 0.294 e. The summed E-state index contributed by atoms with van der Waals surface area (Å²) in [5.41, 5.74) is 1.42. The zero-order valence-corrected chi connectivity index (χ0v) is 15.7. The van der Waals surface area contributed by atoms with E-state index in [2.05, 4.69) is 13.2 Å². The second kappa shape index (κ2) is 13.6. The van der Waals surface area contributed by atoms with Crippen molar-refractivity contribution >= 4 is 10.1 Å². The van der Waals surface area contributed by atoms with Crippen molar-refractivity contribution in [2.24, 2.45) is 0 Å². The van der Waals surface area contributed by atoms with Gasteiger partial charge in [-0.1, -0.05) is 24.3 Å². The third-order valence-electron chi connectivity index (χ3n) is 3.47. The van der Waals surface area contributed by atoms with Gasteiger partial charge in [0.25, 0.3) is 10.1 Å². The van der Waals surface area contributed by atoms with Crippen LogP contribution in [0.2, 0.25) is 0 Å². The highest BCUT2D eigenvalue weighted by atomic mass is 32.2. The summed E-state index contributed by atoms with van der Waals surface area (Å²) in [6, 6.07) is 4.81. The molecule has 0 aliphatic heterocycles. The highest BCUT2D eigenvalue weighted by Gasteiger charge is 2.16.